The largest absolute Gasteiger partial charge is 0.399 e. The van der Waals surface area contributed by atoms with E-state index >= 15 is 0 Å². The molecule has 0 aliphatic rings. The summed E-state index contributed by atoms with van der Waals surface area (Å²) in [6.45, 7) is 4.00. The third-order valence-electron chi connectivity index (χ3n) is 3.40. The standard InChI is InChI=1S/C15H14BrN5/c1-9-4-3-5-13(14(9)16)21-15(18-19-20-21)11-6-7-12(17)10(2)8-11/h3-8H,17H2,1-2H3. The normalized spacial score (nSPS) is 10.8. The summed E-state index contributed by atoms with van der Waals surface area (Å²) in [5.74, 6) is 0.685. The summed E-state index contributed by atoms with van der Waals surface area (Å²) in [5.41, 5.74) is 10.6. The number of rotatable bonds is 2. The summed E-state index contributed by atoms with van der Waals surface area (Å²) < 4.78 is 2.70. The molecular weight excluding hydrogens is 330 g/mol. The smallest absolute Gasteiger partial charge is 0.187 e. The Morgan fingerprint density at radius 3 is 2.67 bits per heavy atom. The Morgan fingerprint density at radius 2 is 1.90 bits per heavy atom. The first-order chi connectivity index (χ1) is 10.1. The van der Waals surface area contributed by atoms with Gasteiger partial charge < -0.3 is 5.73 Å². The number of nitrogen functional groups attached to an aromatic ring is 1. The quantitative estimate of drug-likeness (QED) is 0.725. The van der Waals surface area contributed by atoms with Crippen LogP contribution in [0.15, 0.2) is 40.9 Å². The van der Waals surface area contributed by atoms with Gasteiger partial charge in [-0.15, -0.1) is 5.10 Å². The first-order valence-corrected chi connectivity index (χ1v) is 7.27. The van der Waals surface area contributed by atoms with Crippen LogP contribution in [-0.4, -0.2) is 20.2 Å². The second-order valence-corrected chi connectivity index (χ2v) is 5.69. The Labute approximate surface area is 130 Å². The van der Waals surface area contributed by atoms with Crippen molar-refractivity contribution in [3.63, 3.8) is 0 Å². The van der Waals surface area contributed by atoms with Crippen molar-refractivity contribution >= 4 is 21.6 Å². The molecule has 0 amide bonds. The second-order valence-electron chi connectivity index (χ2n) is 4.89. The van der Waals surface area contributed by atoms with Crippen molar-refractivity contribution in [1.82, 2.24) is 20.2 Å². The molecule has 0 unspecified atom stereocenters. The maximum Gasteiger partial charge on any atom is 0.187 e. The SMILES string of the molecule is Cc1cc(-c2nnnn2-c2cccc(C)c2Br)ccc1N. The van der Waals surface area contributed by atoms with Crippen LogP contribution in [0.25, 0.3) is 17.1 Å². The monoisotopic (exact) mass is 343 g/mol. The molecule has 3 aromatic rings. The molecule has 0 fully saturated rings. The van der Waals surface area contributed by atoms with E-state index in [1.165, 1.54) is 0 Å². The fourth-order valence-electron chi connectivity index (χ4n) is 2.14. The van der Waals surface area contributed by atoms with E-state index in [9.17, 15) is 0 Å². The highest BCUT2D eigenvalue weighted by molar-refractivity contribution is 9.10. The lowest BCUT2D eigenvalue weighted by atomic mass is 10.1. The molecule has 0 atom stereocenters. The van der Waals surface area contributed by atoms with Crippen LogP contribution >= 0.6 is 15.9 Å². The number of anilines is 1. The number of tetrazole rings is 1. The Hall–Kier alpha value is -2.21. The molecule has 0 radical (unpaired) electrons. The van der Waals surface area contributed by atoms with Gasteiger partial charge in [-0.05, 0) is 75.6 Å². The van der Waals surface area contributed by atoms with E-state index in [1.807, 2.05) is 50.2 Å². The number of aromatic nitrogens is 4. The van der Waals surface area contributed by atoms with Crippen LogP contribution in [0.1, 0.15) is 11.1 Å². The predicted octanol–water partition coefficient (Wildman–Crippen LogP) is 3.29. The zero-order chi connectivity index (χ0) is 15.0. The van der Waals surface area contributed by atoms with Crippen molar-refractivity contribution in [3.05, 3.63) is 52.0 Å². The third kappa shape index (κ3) is 2.42. The zero-order valence-electron chi connectivity index (χ0n) is 11.7. The molecule has 0 aliphatic carbocycles. The number of halogens is 1. The van der Waals surface area contributed by atoms with Crippen molar-refractivity contribution in [3.8, 4) is 17.1 Å². The van der Waals surface area contributed by atoms with Crippen LogP contribution in [-0.2, 0) is 0 Å². The highest BCUT2D eigenvalue weighted by Gasteiger charge is 2.14. The highest BCUT2D eigenvalue weighted by atomic mass is 79.9. The summed E-state index contributed by atoms with van der Waals surface area (Å²) in [6, 6.07) is 11.8. The molecule has 106 valence electrons. The lowest BCUT2D eigenvalue weighted by molar-refractivity contribution is 0.788. The molecule has 0 saturated heterocycles. The molecular formula is C15H14BrN5. The Balaban J connectivity index is 2.17. The van der Waals surface area contributed by atoms with Crippen LogP contribution < -0.4 is 5.73 Å². The molecule has 3 rings (SSSR count). The molecule has 2 N–H and O–H groups in total. The van der Waals surface area contributed by atoms with Crippen LogP contribution in [0.2, 0.25) is 0 Å². The second kappa shape index (κ2) is 5.29. The average Bonchev–Trinajstić information content (AvgIpc) is 2.94. The maximum absolute atomic E-state index is 5.87. The Morgan fingerprint density at radius 1 is 1.10 bits per heavy atom. The number of benzene rings is 2. The summed E-state index contributed by atoms with van der Waals surface area (Å²) in [6.07, 6.45) is 0. The van der Waals surface area contributed by atoms with Crippen molar-refractivity contribution < 1.29 is 0 Å². The van der Waals surface area contributed by atoms with Gasteiger partial charge in [-0.2, -0.15) is 4.68 Å². The number of nitrogens with two attached hydrogens (primary N) is 1. The van der Waals surface area contributed by atoms with E-state index in [0.29, 0.717) is 5.82 Å². The first kappa shape index (κ1) is 13.8. The molecule has 5 nitrogen and oxygen atoms in total. The molecule has 0 bridgehead atoms. The van der Waals surface area contributed by atoms with E-state index < -0.39 is 0 Å². The van der Waals surface area contributed by atoms with E-state index in [4.69, 9.17) is 5.73 Å². The van der Waals surface area contributed by atoms with Gasteiger partial charge in [0.15, 0.2) is 5.82 Å². The summed E-state index contributed by atoms with van der Waals surface area (Å²) in [5, 5.41) is 12.1. The average molecular weight is 344 g/mol. The lowest BCUT2D eigenvalue weighted by Gasteiger charge is -2.09. The van der Waals surface area contributed by atoms with Crippen LogP contribution in [0.5, 0.6) is 0 Å². The highest BCUT2D eigenvalue weighted by Crippen LogP contribution is 2.28. The van der Waals surface area contributed by atoms with Gasteiger partial charge in [-0.1, -0.05) is 12.1 Å². The molecule has 21 heavy (non-hydrogen) atoms. The minimum absolute atomic E-state index is 0.685. The topological polar surface area (TPSA) is 69.6 Å². The van der Waals surface area contributed by atoms with Gasteiger partial charge in [0.05, 0.1) is 5.69 Å². The van der Waals surface area contributed by atoms with Gasteiger partial charge in [0.2, 0.25) is 0 Å². The van der Waals surface area contributed by atoms with Crippen molar-refractivity contribution in [1.29, 1.82) is 0 Å². The fourth-order valence-corrected chi connectivity index (χ4v) is 2.57. The number of aryl methyl sites for hydroxylation is 2. The maximum atomic E-state index is 5.87. The molecule has 0 saturated carbocycles. The molecule has 2 aromatic carbocycles. The van der Waals surface area contributed by atoms with Gasteiger partial charge in [-0.25, -0.2) is 0 Å². The molecule has 6 heteroatoms. The van der Waals surface area contributed by atoms with E-state index in [1.54, 1.807) is 4.68 Å². The van der Waals surface area contributed by atoms with Crippen LogP contribution in [0.4, 0.5) is 5.69 Å². The Kier molecular flexibility index (Phi) is 3.47. The van der Waals surface area contributed by atoms with Crippen molar-refractivity contribution in [2.24, 2.45) is 0 Å². The first-order valence-electron chi connectivity index (χ1n) is 6.48. The van der Waals surface area contributed by atoms with Gasteiger partial charge in [0, 0.05) is 15.7 Å². The summed E-state index contributed by atoms with van der Waals surface area (Å²) in [7, 11) is 0. The zero-order valence-corrected chi connectivity index (χ0v) is 13.3. The summed E-state index contributed by atoms with van der Waals surface area (Å²) in [4.78, 5) is 0. The van der Waals surface area contributed by atoms with E-state index in [0.717, 1.165) is 32.5 Å². The molecule has 1 heterocycles. The molecule has 0 spiro atoms. The van der Waals surface area contributed by atoms with Crippen LogP contribution in [0.3, 0.4) is 0 Å². The van der Waals surface area contributed by atoms with E-state index in [2.05, 4.69) is 31.5 Å². The molecule has 1 aromatic heterocycles. The number of nitrogens with zero attached hydrogens (tertiary/aromatic N) is 4. The van der Waals surface area contributed by atoms with Gasteiger partial charge in [0.1, 0.15) is 0 Å². The summed E-state index contributed by atoms with van der Waals surface area (Å²) >= 11 is 3.60. The third-order valence-corrected chi connectivity index (χ3v) is 4.43. The van der Waals surface area contributed by atoms with Crippen LogP contribution in [0, 0.1) is 13.8 Å². The Bertz CT molecular complexity index is 810. The predicted molar refractivity (Wildman–Crippen MR) is 86.2 cm³/mol. The van der Waals surface area contributed by atoms with Crippen molar-refractivity contribution in [2.75, 3.05) is 5.73 Å². The minimum Gasteiger partial charge on any atom is -0.399 e. The minimum atomic E-state index is 0.685. The van der Waals surface area contributed by atoms with Gasteiger partial charge in [-0.3, -0.25) is 0 Å². The van der Waals surface area contributed by atoms with E-state index in [-0.39, 0.29) is 0 Å². The molecule has 0 aliphatic heterocycles. The van der Waals surface area contributed by atoms with Gasteiger partial charge >= 0.3 is 0 Å². The van der Waals surface area contributed by atoms with Crippen molar-refractivity contribution in [2.45, 2.75) is 13.8 Å². The van der Waals surface area contributed by atoms with Gasteiger partial charge in [0.25, 0.3) is 0 Å². The number of hydrogen-bond donors (Lipinski definition) is 1. The lowest BCUT2D eigenvalue weighted by Crippen LogP contribution is -2.02. The number of hydrogen-bond acceptors (Lipinski definition) is 4. The fraction of sp³-hybridized carbons (Fsp3) is 0.133.